The van der Waals surface area contributed by atoms with Gasteiger partial charge in [-0.2, -0.15) is 0 Å². The lowest BCUT2D eigenvalue weighted by Crippen LogP contribution is -2.31. The van der Waals surface area contributed by atoms with Crippen molar-refractivity contribution in [2.75, 3.05) is 11.4 Å². The Morgan fingerprint density at radius 1 is 1.28 bits per heavy atom. The smallest absolute Gasteiger partial charge is 0.411 e. The first-order valence-corrected chi connectivity index (χ1v) is 6.50. The zero-order chi connectivity index (χ0) is 13.9. The molecular formula is C15H23NO2. The summed E-state index contributed by atoms with van der Waals surface area (Å²) in [5.41, 5.74) is 4.29. The van der Waals surface area contributed by atoms with Gasteiger partial charge in [-0.3, -0.25) is 4.90 Å². The van der Waals surface area contributed by atoms with Crippen LogP contribution in [0.15, 0.2) is 12.1 Å². The van der Waals surface area contributed by atoms with Crippen LogP contribution in [0.3, 0.4) is 0 Å². The van der Waals surface area contributed by atoms with Crippen molar-refractivity contribution >= 4 is 11.8 Å². The number of anilines is 1. The summed E-state index contributed by atoms with van der Waals surface area (Å²) in [6, 6.07) is 4.11. The lowest BCUT2D eigenvalue weighted by atomic mass is 9.95. The minimum absolute atomic E-state index is 0.318. The molecule has 1 amide bonds. The Morgan fingerprint density at radius 2 is 1.83 bits per heavy atom. The Balaban J connectivity index is 3.35. The summed E-state index contributed by atoms with van der Waals surface area (Å²) in [5, 5.41) is 9.35. The van der Waals surface area contributed by atoms with Gasteiger partial charge < -0.3 is 5.11 Å². The molecule has 0 spiro atoms. The zero-order valence-corrected chi connectivity index (χ0v) is 11.9. The van der Waals surface area contributed by atoms with Crippen LogP contribution >= 0.6 is 0 Å². The van der Waals surface area contributed by atoms with E-state index in [0.717, 1.165) is 23.2 Å². The minimum Gasteiger partial charge on any atom is -0.465 e. The molecule has 3 nitrogen and oxygen atoms in total. The van der Waals surface area contributed by atoms with Crippen molar-refractivity contribution in [2.45, 2.75) is 47.0 Å². The fourth-order valence-corrected chi connectivity index (χ4v) is 2.06. The van der Waals surface area contributed by atoms with Crippen LogP contribution in [0.2, 0.25) is 0 Å². The molecule has 1 aromatic carbocycles. The molecule has 1 N–H and O–H groups in total. The summed E-state index contributed by atoms with van der Waals surface area (Å²) in [7, 11) is 0. The van der Waals surface area contributed by atoms with Crippen LogP contribution in [0.1, 0.15) is 49.8 Å². The van der Waals surface area contributed by atoms with E-state index in [1.807, 2.05) is 19.9 Å². The van der Waals surface area contributed by atoms with Gasteiger partial charge in [0.15, 0.2) is 0 Å². The second kappa shape index (κ2) is 5.89. The maximum absolute atomic E-state index is 11.4. The highest BCUT2D eigenvalue weighted by atomic mass is 16.4. The predicted molar refractivity (Wildman–Crippen MR) is 75.7 cm³/mol. The van der Waals surface area contributed by atoms with Gasteiger partial charge in [0.05, 0.1) is 5.69 Å². The van der Waals surface area contributed by atoms with Crippen molar-refractivity contribution in [3.05, 3.63) is 28.8 Å². The van der Waals surface area contributed by atoms with Gasteiger partial charge in [0.2, 0.25) is 0 Å². The Morgan fingerprint density at radius 3 is 2.28 bits per heavy atom. The van der Waals surface area contributed by atoms with Crippen LogP contribution < -0.4 is 4.90 Å². The number of aryl methyl sites for hydroxylation is 2. The summed E-state index contributed by atoms with van der Waals surface area (Å²) in [5.74, 6) is 0.318. The molecule has 0 saturated carbocycles. The van der Waals surface area contributed by atoms with Gasteiger partial charge in [0, 0.05) is 6.54 Å². The molecule has 1 rings (SSSR count). The van der Waals surface area contributed by atoms with E-state index in [1.165, 1.54) is 10.5 Å². The van der Waals surface area contributed by atoms with Crippen molar-refractivity contribution in [2.24, 2.45) is 0 Å². The first-order valence-electron chi connectivity index (χ1n) is 6.50. The van der Waals surface area contributed by atoms with Gasteiger partial charge >= 0.3 is 6.09 Å². The number of benzene rings is 1. The van der Waals surface area contributed by atoms with E-state index in [9.17, 15) is 9.90 Å². The molecular weight excluding hydrogens is 226 g/mol. The lowest BCUT2D eigenvalue weighted by Gasteiger charge is -2.24. The molecule has 0 unspecified atom stereocenters. The molecule has 0 saturated heterocycles. The van der Waals surface area contributed by atoms with Gasteiger partial charge in [-0.1, -0.05) is 26.8 Å². The van der Waals surface area contributed by atoms with Crippen LogP contribution in [-0.4, -0.2) is 17.7 Å². The van der Waals surface area contributed by atoms with E-state index in [2.05, 4.69) is 26.8 Å². The fourth-order valence-electron chi connectivity index (χ4n) is 2.06. The molecule has 0 atom stereocenters. The molecule has 18 heavy (non-hydrogen) atoms. The molecule has 0 radical (unpaired) electrons. The first kappa shape index (κ1) is 14.6. The van der Waals surface area contributed by atoms with Gasteiger partial charge in [-0.25, -0.2) is 4.79 Å². The molecule has 0 aliphatic rings. The van der Waals surface area contributed by atoms with Crippen molar-refractivity contribution in [3.63, 3.8) is 0 Å². The minimum atomic E-state index is -0.873. The zero-order valence-electron chi connectivity index (χ0n) is 11.9. The van der Waals surface area contributed by atoms with Crippen molar-refractivity contribution in [1.82, 2.24) is 0 Å². The largest absolute Gasteiger partial charge is 0.465 e. The summed E-state index contributed by atoms with van der Waals surface area (Å²) in [4.78, 5) is 12.8. The first-order chi connectivity index (χ1) is 8.38. The number of rotatable bonds is 4. The summed E-state index contributed by atoms with van der Waals surface area (Å²) < 4.78 is 0. The standard InChI is InChI=1S/C15H23NO2/c1-6-7-16(15(17)18)14-9-12(5)11(4)8-13(14)10(2)3/h8-10H,6-7H2,1-5H3,(H,17,18). The van der Waals surface area contributed by atoms with E-state index in [0.29, 0.717) is 12.5 Å². The average molecular weight is 249 g/mol. The van der Waals surface area contributed by atoms with Gasteiger partial charge in [0.25, 0.3) is 0 Å². The summed E-state index contributed by atoms with van der Waals surface area (Å²) in [6.45, 7) is 10.8. The highest BCUT2D eigenvalue weighted by molar-refractivity contribution is 5.87. The number of amides is 1. The maximum Gasteiger partial charge on any atom is 0.411 e. The van der Waals surface area contributed by atoms with Crippen molar-refractivity contribution in [1.29, 1.82) is 0 Å². The van der Waals surface area contributed by atoms with E-state index in [4.69, 9.17) is 0 Å². The second-order valence-electron chi connectivity index (χ2n) is 5.08. The van der Waals surface area contributed by atoms with E-state index >= 15 is 0 Å². The number of carboxylic acid groups (broad SMARTS) is 1. The maximum atomic E-state index is 11.4. The summed E-state index contributed by atoms with van der Waals surface area (Å²) >= 11 is 0. The third-order valence-corrected chi connectivity index (χ3v) is 3.23. The van der Waals surface area contributed by atoms with E-state index in [-0.39, 0.29) is 0 Å². The highest BCUT2D eigenvalue weighted by Gasteiger charge is 2.19. The van der Waals surface area contributed by atoms with Crippen LogP contribution in [0.4, 0.5) is 10.5 Å². The number of hydrogen-bond donors (Lipinski definition) is 1. The molecule has 0 heterocycles. The molecule has 1 aromatic rings. The third kappa shape index (κ3) is 3.03. The van der Waals surface area contributed by atoms with Crippen molar-refractivity contribution in [3.8, 4) is 0 Å². The Bertz CT molecular complexity index is 438. The fraction of sp³-hybridized carbons (Fsp3) is 0.533. The molecule has 3 heteroatoms. The van der Waals surface area contributed by atoms with Crippen LogP contribution in [0.5, 0.6) is 0 Å². The van der Waals surface area contributed by atoms with Crippen LogP contribution in [0, 0.1) is 13.8 Å². The quantitative estimate of drug-likeness (QED) is 0.863. The molecule has 0 aliphatic heterocycles. The van der Waals surface area contributed by atoms with Crippen LogP contribution in [0.25, 0.3) is 0 Å². The molecule has 0 bridgehead atoms. The molecule has 0 aliphatic carbocycles. The Kier molecular flexibility index (Phi) is 4.76. The monoisotopic (exact) mass is 249 g/mol. The number of carbonyl (C=O) groups is 1. The van der Waals surface area contributed by atoms with Crippen LogP contribution in [-0.2, 0) is 0 Å². The molecule has 0 fully saturated rings. The highest BCUT2D eigenvalue weighted by Crippen LogP contribution is 2.30. The number of nitrogens with zero attached hydrogens (tertiary/aromatic N) is 1. The third-order valence-electron chi connectivity index (χ3n) is 3.23. The lowest BCUT2D eigenvalue weighted by molar-refractivity contribution is 0.201. The predicted octanol–water partition coefficient (Wildman–Crippen LogP) is 4.32. The topological polar surface area (TPSA) is 40.5 Å². The number of hydrogen-bond acceptors (Lipinski definition) is 1. The normalized spacial score (nSPS) is 10.8. The Hall–Kier alpha value is -1.51. The molecule has 0 aromatic heterocycles. The summed E-state index contributed by atoms with van der Waals surface area (Å²) in [6.07, 6.45) is -0.0569. The molecule has 100 valence electrons. The Labute approximate surface area is 109 Å². The van der Waals surface area contributed by atoms with E-state index < -0.39 is 6.09 Å². The second-order valence-corrected chi connectivity index (χ2v) is 5.08. The van der Waals surface area contributed by atoms with Gasteiger partial charge in [-0.15, -0.1) is 0 Å². The van der Waals surface area contributed by atoms with E-state index in [1.54, 1.807) is 0 Å². The SMILES string of the molecule is CCCN(C(=O)O)c1cc(C)c(C)cc1C(C)C. The van der Waals surface area contributed by atoms with Gasteiger partial charge in [0.1, 0.15) is 0 Å². The van der Waals surface area contributed by atoms with Gasteiger partial charge in [-0.05, 0) is 48.9 Å². The average Bonchev–Trinajstić information content (AvgIpc) is 2.28. The van der Waals surface area contributed by atoms with Crippen molar-refractivity contribution < 1.29 is 9.90 Å².